The van der Waals surface area contributed by atoms with Crippen LogP contribution < -0.4 is 0 Å². The lowest BCUT2D eigenvalue weighted by Gasteiger charge is -2.09. The van der Waals surface area contributed by atoms with Crippen LogP contribution in [0.1, 0.15) is 32.2 Å². The largest absolute Gasteiger partial charge is 0.385 e. The van der Waals surface area contributed by atoms with Crippen LogP contribution in [-0.4, -0.2) is 14.7 Å². The van der Waals surface area contributed by atoms with E-state index >= 15 is 0 Å². The Labute approximate surface area is 99.7 Å². The summed E-state index contributed by atoms with van der Waals surface area (Å²) in [5.74, 6) is 0.708. The molecular weight excluding hydrogens is 224 g/mol. The van der Waals surface area contributed by atoms with Crippen LogP contribution in [0.3, 0.4) is 0 Å². The summed E-state index contributed by atoms with van der Waals surface area (Å²) in [6, 6.07) is 5.63. The number of hydrogen-bond donors (Lipinski definition) is 1. The monoisotopic (exact) mass is 238 g/mol. The molecule has 4 heteroatoms. The third kappa shape index (κ3) is 1.93. The highest BCUT2D eigenvalue weighted by Gasteiger charge is 2.14. The highest BCUT2D eigenvalue weighted by atomic mass is 35.5. The van der Waals surface area contributed by atoms with E-state index in [0.717, 1.165) is 24.0 Å². The number of aliphatic hydroxyl groups excluding tert-OH is 1. The van der Waals surface area contributed by atoms with Gasteiger partial charge in [0.05, 0.1) is 11.0 Å². The zero-order valence-corrected chi connectivity index (χ0v) is 10.2. The van der Waals surface area contributed by atoms with Crippen molar-refractivity contribution in [3.8, 4) is 0 Å². The fourth-order valence-electron chi connectivity index (χ4n) is 1.90. The molecule has 0 aliphatic carbocycles. The fourth-order valence-corrected chi connectivity index (χ4v) is 2.07. The Morgan fingerprint density at radius 1 is 1.50 bits per heavy atom. The van der Waals surface area contributed by atoms with Gasteiger partial charge in [-0.25, -0.2) is 4.98 Å². The van der Waals surface area contributed by atoms with Gasteiger partial charge in [0.25, 0.3) is 0 Å². The maximum Gasteiger partial charge on any atom is 0.138 e. The molecule has 2 aromatic rings. The molecule has 1 aromatic carbocycles. The quantitative estimate of drug-likeness (QED) is 0.892. The van der Waals surface area contributed by atoms with Crippen molar-refractivity contribution in [1.82, 2.24) is 9.55 Å². The molecule has 1 unspecified atom stereocenters. The summed E-state index contributed by atoms with van der Waals surface area (Å²) in [5.41, 5.74) is 1.87. The first-order valence-electron chi connectivity index (χ1n) is 5.47. The molecule has 2 rings (SSSR count). The number of hydrogen-bond acceptors (Lipinski definition) is 2. The van der Waals surface area contributed by atoms with Crippen molar-refractivity contribution in [3.63, 3.8) is 0 Å². The standard InChI is InChI=1S/C12H15ClN2O/c1-3-6-15-11-5-4-9(13)7-10(11)14-12(15)8(2)16/h4-5,7-8,16H,3,6H2,1-2H3. The molecular formula is C12H15ClN2O. The van der Waals surface area contributed by atoms with Crippen LogP contribution in [0.4, 0.5) is 0 Å². The van der Waals surface area contributed by atoms with Gasteiger partial charge in [-0.1, -0.05) is 18.5 Å². The number of halogens is 1. The number of imidazole rings is 1. The minimum Gasteiger partial charge on any atom is -0.385 e. The minimum atomic E-state index is -0.558. The fraction of sp³-hybridized carbons (Fsp3) is 0.417. The van der Waals surface area contributed by atoms with Crippen LogP contribution in [0.2, 0.25) is 5.02 Å². The second-order valence-corrected chi connectivity index (χ2v) is 4.37. The van der Waals surface area contributed by atoms with Crippen molar-refractivity contribution < 1.29 is 5.11 Å². The average molecular weight is 239 g/mol. The van der Waals surface area contributed by atoms with Gasteiger partial charge in [0.2, 0.25) is 0 Å². The third-order valence-electron chi connectivity index (χ3n) is 2.56. The van der Waals surface area contributed by atoms with Gasteiger partial charge in [0, 0.05) is 11.6 Å². The van der Waals surface area contributed by atoms with Crippen LogP contribution in [0.25, 0.3) is 11.0 Å². The van der Waals surface area contributed by atoms with E-state index in [-0.39, 0.29) is 0 Å². The van der Waals surface area contributed by atoms with Crippen molar-refractivity contribution in [2.45, 2.75) is 32.9 Å². The van der Waals surface area contributed by atoms with Gasteiger partial charge < -0.3 is 9.67 Å². The SMILES string of the molecule is CCCn1c(C(C)O)nc2cc(Cl)ccc21. The Balaban J connectivity index is 2.65. The molecule has 0 bridgehead atoms. The van der Waals surface area contributed by atoms with Crippen molar-refractivity contribution in [3.05, 3.63) is 29.0 Å². The molecule has 0 fully saturated rings. The summed E-state index contributed by atoms with van der Waals surface area (Å²) in [4.78, 5) is 4.42. The number of aliphatic hydroxyl groups is 1. The van der Waals surface area contributed by atoms with Gasteiger partial charge in [-0.3, -0.25) is 0 Å². The molecule has 86 valence electrons. The van der Waals surface area contributed by atoms with E-state index in [1.165, 1.54) is 0 Å². The lowest BCUT2D eigenvalue weighted by molar-refractivity contribution is 0.184. The molecule has 0 aliphatic rings. The first-order valence-corrected chi connectivity index (χ1v) is 5.85. The summed E-state index contributed by atoms with van der Waals surface area (Å²) in [6.07, 6.45) is 0.450. The number of aryl methyl sites for hydroxylation is 1. The predicted octanol–water partition coefficient (Wildman–Crippen LogP) is 3.15. The zero-order chi connectivity index (χ0) is 11.7. The van der Waals surface area contributed by atoms with Crippen LogP contribution in [-0.2, 0) is 6.54 Å². The number of fused-ring (bicyclic) bond motifs is 1. The van der Waals surface area contributed by atoms with Gasteiger partial charge >= 0.3 is 0 Å². The molecule has 1 N–H and O–H groups in total. The normalized spacial score (nSPS) is 13.2. The highest BCUT2D eigenvalue weighted by molar-refractivity contribution is 6.31. The molecule has 0 radical (unpaired) electrons. The van der Waals surface area contributed by atoms with E-state index in [4.69, 9.17) is 11.6 Å². The lowest BCUT2D eigenvalue weighted by atomic mass is 10.3. The summed E-state index contributed by atoms with van der Waals surface area (Å²) in [7, 11) is 0. The molecule has 1 heterocycles. The molecule has 0 amide bonds. The van der Waals surface area contributed by atoms with Crippen molar-refractivity contribution >= 4 is 22.6 Å². The number of aromatic nitrogens is 2. The molecule has 1 atom stereocenters. The first-order chi connectivity index (χ1) is 7.63. The van der Waals surface area contributed by atoms with E-state index in [1.807, 2.05) is 18.2 Å². The van der Waals surface area contributed by atoms with E-state index < -0.39 is 6.10 Å². The Morgan fingerprint density at radius 3 is 2.88 bits per heavy atom. The summed E-state index contributed by atoms with van der Waals surface area (Å²) in [6.45, 7) is 4.70. The lowest BCUT2D eigenvalue weighted by Crippen LogP contribution is -2.06. The first kappa shape index (κ1) is 11.4. The van der Waals surface area contributed by atoms with E-state index in [1.54, 1.807) is 6.92 Å². The highest BCUT2D eigenvalue weighted by Crippen LogP contribution is 2.23. The van der Waals surface area contributed by atoms with Crippen molar-refractivity contribution in [2.24, 2.45) is 0 Å². The second-order valence-electron chi connectivity index (χ2n) is 3.93. The second kappa shape index (κ2) is 4.44. The zero-order valence-electron chi connectivity index (χ0n) is 9.44. The van der Waals surface area contributed by atoms with Gasteiger partial charge in [-0.05, 0) is 31.5 Å². The summed E-state index contributed by atoms with van der Waals surface area (Å²) >= 11 is 5.93. The van der Waals surface area contributed by atoms with Crippen molar-refractivity contribution in [1.29, 1.82) is 0 Å². The molecule has 16 heavy (non-hydrogen) atoms. The van der Waals surface area contributed by atoms with Crippen LogP contribution >= 0.6 is 11.6 Å². The smallest absolute Gasteiger partial charge is 0.138 e. The maximum absolute atomic E-state index is 9.69. The Kier molecular flexibility index (Phi) is 3.17. The third-order valence-corrected chi connectivity index (χ3v) is 2.80. The molecule has 0 aliphatic heterocycles. The number of benzene rings is 1. The maximum atomic E-state index is 9.69. The Morgan fingerprint density at radius 2 is 2.25 bits per heavy atom. The molecule has 3 nitrogen and oxygen atoms in total. The Hall–Kier alpha value is -1.06. The van der Waals surface area contributed by atoms with E-state index in [9.17, 15) is 5.11 Å². The number of rotatable bonds is 3. The molecule has 0 spiro atoms. The average Bonchev–Trinajstić information content (AvgIpc) is 2.57. The summed E-state index contributed by atoms with van der Waals surface area (Å²) < 4.78 is 2.05. The molecule has 1 aromatic heterocycles. The van der Waals surface area contributed by atoms with E-state index in [2.05, 4.69) is 16.5 Å². The van der Waals surface area contributed by atoms with Crippen molar-refractivity contribution in [2.75, 3.05) is 0 Å². The van der Waals surface area contributed by atoms with Gasteiger partial charge in [0.1, 0.15) is 11.9 Å². The summed E-state index contributed by atoms with van der Waals surface area (Å²) in [5, 5.41) is 10.4. The Bertz CT molecular complexity index is 505. The van der Waals surface area contributed by atoms with E-state index in [0.29, 0.717) is 10.8 Å². The van der Waals surface area contributed by atoms with Crippen LogP contribution in [0, 0.1) is 0 Å². The molecule has 0 saturated heterocycles. The molecule has 0 saturated carbocycles. The van der Waals surface area contributed by atoms with Gasteiger partial charge in [-0.15, -0.1) is 0 Å². The van der Waals surface area contributed by atoms with Gasteiger partial charge in [0.15, 0.2) is 0 Å². The predicted molar refractivity (Wildman–Crippen MR) is 65.7 cm³/mol. The topological polar surface area (TPSA) is 38.0 Å². The van der Waals surface area contributed by atoms with Gasteiger partial charge in [-0.2, -0.15) is 0 Å². The number of nitrogens with zero attached hydrogens (tertiary/aromatic N) is 2. The van der Waals surface area contributed by atoms with Crippen LogP contribution in [0.5, 0.6) is 0 Å². The van der Waals surface area contributed by atoms with Crippen LogP contribution in [0.15, 0.2) is 18.2 Å². The minimum absolute atomic E-state index is 0.558.